The zero-order valence-corrected chi connectivity index (χ0v) is 15.6. The standard InChI is InChI=1S/C21H25N5O/c1-16-11-19(25-27-16)20-9-5-6-10-26(20)15-18-13-23-21(24-14-18)22-12-17-7-3-2-4-8-17/h2-4,7-8,11,13-14,20H,5-6,9-10,12,15H2,1H3,(H,22,23,24). The number of nitrogens with one attached hydrogen (secondary N) is 1. The molecule has 4 rings (SSSR count). The molecule has 2 aromatic heterocycles. The molecule has 140 valence electrons. The van der Waals surface area contributed by atoms with Crippen molar-refractivity contribution in [2.45, 2.75) is 45.3 Å². The number of rotatable bonds is 6. The fourth-order valence-corrected chi connectivity index (χ4v) is 3.60. The van der Waals surface area contributed by atoms with E-state index in [4.69, 9.17) is 4.52 Å². The summed E-state index contributed by atoms with van der Waals surface area (Å²) < 4.78 is 5.29. The van der Waals surface area contributed by atoms with E-state index >= 15 is 0 Å². The molecule has 6 heteroatoms. The molecule has 0 amide bonds. The van der Waals surface area contributed by atoms with Crippen LogP contribution in [0.2, 0.25) is 0 Å². The number of nitrogens with zero attached hydrogens (tertiary/aromatic N) is 4. The zero-order valence-electron chi connectivity index (χ0n) is 15.6. The summed E-state index contributed by atoms with van der Waals surface area (Å²) in [7, 11) is 0. The number of benzene rings is 1. The number of piperidine rings is 1. The molecule has 0 radical (unpaired) electrons. The number of hydrogen-bond acceptors (Lipinski definition) is 6. The van der Waals surface area contributed by atoms with Crippen LogP contribution in [-0.2, 0) is 13.1 Å². The molecule has 1 atom stereocenters. The van der Waals surface area contributed by atoms with Crippen molar-refractivity contribution in [3.05, 3.63) is 71.4 Å². The fraction of sp³-hybridized carbons (Fsp3) is 0.381. The third kappa shape index (κ3) is 4.52. The predicted octanol–water partition coefficient (Wildman–Crippen LogP) is 4.11. The second-order valence-corrected chi connectivity index (χ2v) is 7.10. The molecular weight excluding hydrogens is 338 g/mol. The van der Waals surface area contributed by atoms with Crippen LogP contribution in [0.15, 0.2) is 53.3 Å². The van der Waals surface area contributed by atoms with Crippen LogP contribution >= 0.6 is 0 Å². The minimum absolute atomic E-state index is 0.312. The van der Waals surface area contributed by atoms with Crippen molar-refractivity contribution in [2.75, 3.05) is 11.9 Å². The third-order valence-electron chi connectivity index (χ3n) is 4.99. The molecule has 27 heavy (non-hydrogen) atoms. The first-order valence-corrected chi connectivity index (χ1v) is 9.54. The maximum atomic E-state index is 5.29. The monoisotopic (exact) mass is 363 g/mol. The highest BCUT2D eigenvalue weighted by molar-refractivity contribution is 5.28. The SMILES string of the molecule is Cc1cc(C2CCCCN2Cc2cnc(NCc3ccccc3)nc2)no1. The molecule has 0 aliphatic carbocycles. The van der Waals surface area contributed by atoms with Crippen molar-refractivity contribution in [3.63, 3.8) is 0 Å². The van der Waals surface area contributed by atoms with Crippen LogP contribution in [0, 0.1) is 6.92 Å². The highest BCUT2D eigenvalue weighted by Crippen LogP contribution is 2.31. The summed E-state index contributed by atoms with van der Waals surface area (Å²) in [6.07, 6.45) is 7.39. The quantitative estimate of drug-likeness (QED) is 0.711. The number of likely N-dealkylation sites (tertiary alicyclic amines) is 1. The minimum atomic E-state index is 0.312. The predicted molar refractivity (Wildman–Crippen MR) is 104 cm³/mol. The van der Waals surface area contributed by atoms with E-state index in [9.17, 15) is 0 Å². The van der Waals surface area contributed by atoms with Crippen LogP contribution in [0.4, 0.5) is 5.95 Å². The number of aryl methyl sites for hydroxylation is 1. The summed E-state index contributed by atoms with van der Waals surface area (Å²) in [5.74, 6) is 1.53. The normalized spacial score (nSPS) is 17.7. The Morgan fingerprint density at radius 1 is 1.11 bits per heavy atom. The Kier molecular flexibility index (Phi) is 5.44. The van der Waals surface area contributed by atoms with Gasteiger partial charge in [0.15, 0.2) is 0 Å². The Labute approximate surface area is 159 Å². The van der Waals surface area contributed by atoms with E-state index in [2.05, 4.69) is 43.5 Å². The van der Waals surface area contributed by atoms with Gasteiger partial charge in [-0.15, -0.1) is 0 Å². The Bertz CT molecular complexity index is 847. The zero-order chi connectivity index (χ0) is 18.5. The fourth-order valence-electron chi connectivity index (χ4n) is 3.60. The maximum Gasteiger partial charge on any atom is 0.222 e. The van der Waals surface area contributed by atoms with Gasteiger partial charge in [-0.2, -0.15) is 0 Å². The van der Waals surface area contributed by atoms with E-state index in [1.807, 2.05) is 37.5 Å². The summed E-state index contributed by atoms with van der Waals surface area (Å²) >= 11 is 0. The Balaban J connectivity index is 1.38. The second-order valence-electron chi connectivity index (χ2n) is 7.10. The number of aromatic nitrogens is 3. The Morgan fingerprint density at radius 3 is 2.67 bits per heavy atom. The number of hydrogen-bond donors (Lipinski definition) is 1. The third-order valence-corrected chi connectivity index (χ3v) is 4.99. The summed E-state index contributed by atoms with van der Waals surface area (Å²) in [5.41, 5.74) is 3.37. The molecule has 3 heterocycles. The average molecular weight is 363 g/mol. The highest BCUT2D eigenvalue weighted by atomic mass is 16.5. The lowest BCUT2D eigenvalue weighted by molar-refractivity contribution is 0.133. The molecule has 1 N–H and O–H groups in total. The van der Waals surface area contributed by atoms with Gasteiger partial charge in [0.05, 0.1) is 6.04 Å². The maximum absolute atomic E-state index is 5.29. The molecule has 1 aliphatic heterocycles. The van der Waals surface area contributed by atoms with Gasteiger partial charge in [0, 0.05) is 37.1 Å². The van der Waals surface area contributed by atoms with Crippen LogP contribution in [0.25, 0.3) is 0 Å². The van der Waals surface area contributed by atoms with Gasteiger partial charge in [0.25, 0.3) is 0 Å². The lowest BCUT2D eigenvalue weighted by atomic mass is 9.98. The molecule has 0 bridgehead atoms. The van der Waals surface area contributed by atoms with Gasteiger partial charge < -0.3 is 9.84 Å². The molecule has 1 fully saturated rings. The summed E-state index contributed by atoms with van der Waals surface area (Å²) in [6.45, 7) is 4.55. The lowest BCUT2D eigenvalue weighted by Crippen LogP contribution is -2.33. The molecule has 1 aliphatic rings. The molecule has 1 saturated heterocycles. The van der Waals surface area contributed by atoms with Crippen LogP contribution in [0.3, 0.4) is 0 Å². The number of anilines is 1. The smallest absolute Gasteiger partial charge is 0.222 e. The van der Waals surface area contributed by atoms with Crippen molar-refractivity contribution in [1.29, 1.82) is 0 Å². The highest BCUT2D eigenvalue weighted by Gasteiger charge is 2.26. The molecule has 1 aromatic carbocycles. The van der Waals surface area contributed by atoms with Crippen molar-refractivity contribution < 1.29 is 4.52 Å². The molecule has 0 spiro atoms. The Morgan fingerprint density at radius 2 is 1.93 bits per heavy atom. The van der Waals surface area contributed by atoms with E-state index in [0.717, 1.165) is 43.1 Å². The van der Waals surface area contributed by atoms with E-state index in [1.165, 1.54) is 18.4 Å². The topological polar surface area (TPSA) is 67.1 Å². The van der Waals surface area contributed by atoms with Gasteiger partial charge in [-0.1, -0.05) is 41.9 Å². The summed E-state index contributed by atoms with van der Waals surface area (Å²) in [5, 5.41) is 7.51. The van der Waals surface area contributed by atoms with Gasteiger partial charge in [-0.25, -0.2) is 9.97 Å². The van der Waals surface area contributed by atoms with Gasteiger partial charge >= 0.3 is 0 Å². The summed E-state index contributed by atoms with van der Waals surface area (Å²) in [6, 6.07) is 12.6. The Hall–Kier alpha value is -2.73. The van der Waals surface area contributed by atoms with E-state index in [1.54, 1.807) is 0 Å². The van der Waals surface area contributed by atoms with E-state index < -0.39 is 0 Å². The van der Waals surface area contributed by atoms with Crippen LogP contribution < -0.4 is 5.32 Å². The molecule has 6 nitrogen and oxygen atoms in total. The molecule has 3 aromatic rings. The average Bonchev–Trinajstić information content (AvgIpc) is 3.15. The van der Waals surface area contributed by atoms with Crippen LogP contribution in [0.5, 0.6) is 0 Å². The van der Waals surface area contributed by atoms with Gasteiger partial charge in [0.2, 0.25) is 5.95 Å². The molecular formula is C21H25N5O. The molecule has 1 unspecified atom stereocenters. The van der Waals surface area contributed by atoms with Gasteiger partial charge in [0.1, 0.15) is 11.5 Å². The van der Waals surface area contributed by atoms with Crippen molar-refractivity contribution in [2.24, 2.45) is 0 Å². The molecule has 0 saturated carbocycles. The minimum Gasteiger partial charge on any atom is -0.361 e. The van der Waals surface area contributed by atoms with Crippen molar-refractivity contribution in [1.82, 2.24) is 20.0 Å². The first-order valence-electron chi connectivity index (χ1n) is 9.54. The van der Waals surface area contributed by atoms with Crippen molar-refractivity contribution in [3.8, 4) is 0 Å². The summed E-state index contributed by atoms with van der Waals surface area (Å²) in [4.78, 5) is 11.4. The van der Waals surface area contributed by atoms with Crippen LogP contribution in [-0.4, -0.2) is 26.6 Å². The van der Waals surface area contributed by atoms with Crippen LogP contribution in [0.1, 0.15) is 47.9 Å². The van der Waals surface area contributed by atoms with Gasteiger partial charge in [-0.3, -0.25) is 4.90 Å². The van der Waals surface area contributed by atoms with E-state index in [0.29, 0.717) is 12.0 Å². The second kappa shape index (κ2) is 8.31. The first-order chi connectivity index (χ1) is 13.3. The largest absolute Gasteiger partial charge is 0.361 e. The van der Waals surface area contributed by atoms with Gasteiger partial charge in [-0.05, 0) is 31.9 Å². The van der Waals surface area contributed by atoms with E-state index in [-0.39, 0.29) is 0 Å². The first kappa shape index (κ1) is 17.7. The van der Waals surface area contributed by atoms with Crippen molar-refractivity contribution >= 4 is 5.95 Å². The lowest BCUT2D eigenvalue weighted by Gasteiger charge is -2.34.